The molecule has 1 atom stereocenters. The van der Waals surface area contributed by atoms with E-state index in [1.54, 1.807) is 0 Å². The van der Waals surface area contributed by atoms with Crippen LogP contribution in [-0.2, 0) is 9.53 Å². The van der Waals surface area contributed by atoms with E-state index in [2.05, 4.69) is 5.32 Å². The van der Waals surface area contributed by atoms with Crippen molar-refractivity contribution in [3.05, 3.63) is 35.9 Å². The van der Waals surface area contributed by atoms with Crippen LogP contribution >= 0.6 is 0 Å². The second-order valence-electron chi connectivity index (χ2n) is 6.52. The molecule has 130 valence electrons. The van der Waals surface area contributed by atoms with Gasteiger partial charge in [0.1, 0.15) is 0 Å². The van der Waals surface area contributed by atoms with Crippen molar-refractivity contribution in [1.82, 2.24) is 10.2 Å². The maximum absolute atomic E-state index is 12.4. The molecule has 0 aromatic heterocycles. The van der Waals surface area contributed by atoms with Crippen molar-refractivity contribution in [2.45, 2.75) is 18.9 Å². The summed E-state index contributed by atoms with van der Waals surface area (Å²) in [5, 5.41) is 2.97. The van der Waals surface area contributed by atoms with Gasteiger partial charge in [0.15, 0.2) is 6.54 Å². The summed E-state index contributed by atoms with van der Waals surface area (Å²) in [6.07, 6.45) is 2.31. The Labute approximate surface area is 142 Å². The molecule has 2 aliphatic rings. The maximum atomic E-state index is 12.4. The van der Waals surface area contributed by atoms with Crippen molar-refractivity contribution in [2.75, 3.05) is 45.9 Å². The van der Waals surface area contributed by atoms with Crippen LogP contribution in [0.15, 0.2) is 30.3 Å². The van der Waals surface area contributed by atoms with E-state index < -0.39 is 0 Å². The number of ether oxygens (including phenoxy) is 1. The molecular formula is C18H26N3O3+. The first kappa shape index (κ1) is 16.9. The molecule has 2 heterocycles. The molecule has 0 bridgehead atoms. The van der Waals surface area contributed by atoms with E-state index in [9.17, 15) is 9.59 Å². The van der Waals surface area contributed by atoms with Crippen LogP contribution in [0.4, 0.5) is 0 Å². The monoisotopic (exact) mass is 332 g/mol. The Kier molecular flexibility index (Phi) is 5.82. The molecule has 2 amide bonds. The third-order valence-electron chi connectivity index (χ3n) is 4.74. The molecule has 0 aliphatic carbocycles. The Hall–Kier alpha value is -1.92. The van der Waals surface area contributed by atoms with Crippen LogP contribution in [0, 0.1) is 0 Å². The van der Waals surface area contributed by atoms with Gasteiger partial charge in [-0.1, -0.05) is 18.2 Å². The van der Waals surface area contributed by atoms with E-state index in [4.69, 9.17) is 4.74 Å². The zero-order valence-corrected chi connectivity index (χ0v) is 14.0. The summed E-state index contributed by atoms with van der Waals surface area (Å²) in [6.45, 7) is 4.91. The van der Waals surface area contributed by atoms with Crippen molar-refractivity contribution in [1.29, 1.82) is 0 Å². The number of carbonyl (C=O) groups is 2. The number of rotatable bonds is 5. The minimum Gasteiger partial charge on any atom is -0.376 e. The first-order valence-corrected chi connectivity index (χ1v) is 8.78. The van der Waals surface area contributed by atoms with Gasteiger partial charge in [-0.3, -0.25) is 9.59 Å². The summed E-state index contributed by atoms with van der Waals surface area (Å²) in [5.74, 6) is 0.154. The number of hydrogen-bond acceptors (Lipinski definition) is 3. The van der Waals surface area contributed by atoms with Gasteiger partial charge in [-0.05, 0) is 25.0 Å². The van der Waals surface area contributed by atoms with Gasteiger partial charge >= 0.3 is 0 Å². The fourth-order valence-electron chi connectivity index (χ4n) is 3.29. The molecule has 2 saturated heterocycles. The molecule has 0 spiro atoms. The molecule has 6 nitrogen and oxygen atoms in total. The molecule has 1 aromatic carbocycles. The highest BCUT2D eigenvalue weighted by Gasteiger charge is 2.26. The fraction of sp³-hybridized carbons (Fsp3) is 0.556. The molecule has 2 fully saturated rings. The van der Waals surface area contributed by atoms with Crippen molar-refractivity contribution in [3.63, 3.8) is 0 Å². The maximum Gasteiger partial charge on any atom is 0.275 e. The Bertz CT molecular complexity index is 550. The lowest BCUT2D eigenvalue weighted by Gasteiger charge is -2.32. The highest BCUT2D eigenvalue weighted by Crippen LogP contribution is 2.10. The van der Waals surface area contributed by atoms with Crippen LogP contribution in [0.5, 0.6) is 0 Å². The van der Waals surface area contributed by atoms with Gasteiger partial charge in [0, 0.05) is 18.7 Å². The molecule has 0 saturated carbocycles. The van der Waals surface area contributed by atoms with E-state index in [1.807, 2.05) is 35.2 Å². The number of carbonyl (C=O) groups excluding carboxylic acids is 2. The molecule has 0 radical (unpaired) electrons. The molecule has 2 aliphatic heterocycles. The predicted octanol–water partition coefficient (Wildman–Crippen LogP) is -0.677. The van der Waals surface area contributed by atoms with E-state index in [1.165, 1.54) is 4.90 Å². The normalized spacial score (nSPS) is 21.7. The summed E-state index contributed by atoms with van der Waals surface area (Å²) < 4.78 is 5.51. The van der Waals surface area contributed by atoms with E-state index in [-0.39, 0.29) is 17.9 Å². The Balaban J connectivity index is 1.38. The number of quaternary nitrogens is 1. The summed E-state index contributed by atoms with van der Waals surface area (Å²) in [7, 11) is 0. The number of nitrogens with one attached hydrogen (secondary N) is 2. The highest BCUT2D eigenvalue weighted by atomic mass is 16.5. The van der Waals surface area contributed by atoms with Crippen LogP contribution in [0.3, 0.4) is 0 Å². The smallest absolute Gasteiger partial charge is 0.275 e. The lowest BCUT2D eigenvalue weighted by atomic mass is 10.2. The molecule has 0 unspecified atom stereocenters. The van der Waals surface area contributed by atoms with Gasteiger partial charge in [0.05, 0.1) is 32.3 Å². The molecule has 6 heteroatoms. The zero-order chi connectivity index (χ0) is 16.8. The Morgan fingerprint density at radius 3 is 2.62 bits per heavy atom. The minimum atomic E-state index is 0.0725. The summed E-state index contributed by atoms with van der Waals surface area (Å²) in [6, 6.07) is 9.37. The standard InChI is InChI=1S/C18H25N3O3/c22-17(19-13-16-7-4-12-24-16)14-20-8-10-21(11-9-20)18(23)15-5-2-1-3-6-15/h1-3,5-6,16H,4,7-14H2,(H,19,22)/p+1/t16-/m1/s1. The SMILES string of the molecule is O=C(C[NH+]1CCN(C(=O)c2ccccc2)CC1)NC[C@H]1CCCO1. The second-order valence-corrected chi connectivity index (χ2v) is 6.52. The van der Waals surface area contributed by atoms with Gasteiger partial charge in [0.25, 0.3) is 11.8 Å². The fourth-order valence-corrected chi connectivity index (χ4v) is 3.29. The molecule has 2 N–H and O–H groups in total. The topological polar surface area (TPSA) is 63.1 Å². The van der Waals surface area contributed by atoms with E-state index >= 15 is 0 Å². The Morgan fingerprint density at radius 2 is 1.96 bits per heavy atom. The lowest BCUT2D eigenvalue weighted by Crippen LogP contribution is -3.15. The van der Waals surface area contributed by atoms with Gasteiger partial charge in [-0.25, -0.2) is 0 Å². The van der Waals surface area contributed by atoms with Crippen molar-refractivity contribution < 1.29 is 19.2 Å². The predicted molar refractivity (Wildman–Crippen MR) is 89.9 cm³/mol. The molecule has 3 rings (SSSR count). The third kappa shape index (κ3) is 4.55. The average molecular weight is 332 g/mol. The summed E-state index contributed by atoms with van der Waals surface area (Å²) in [5.41, 5.74) is 0.732. The molecule has 24 heavy (non-hydrogen) atoms. The van der Waals surface area contributed by atoms with Gasteiger partial charge in [-0.2, -0.15) is 0 Å². The average Bonchev–Trinajstić information content (AvgIpc) is 3.14. The van der Waals surface area contributed by atoms with Crippen molar-refractivity contribution >= 4 is 11.8 Å². The van der Waals surface area contributed by atoms with Crippen LogP contribution in [0.1, 0.15) is 23.2 Å². The zero-order valence-electron chi connectivity index (χ0n) is 14.0. The minimum absolute atomic E-state index is 0.0725. The molecular weight excluding hydrogens is 306 g/mol. The van der Waals surface area contributed by atoms with Gasteiger partial charge in [-0.15, -0.1) is 0 Å². The largest absolute Gasteiger partial charge is 0.376 e. The number of amides is 2. The lowest BCUT2D eigenvalue weighted by molar-refractivity contribution is -0.896. The number of benzene rings is 1. The number of nitrogens with zero attached hydrogens (tertiary/aromatic N) is 1. The van der Waals surface area contributed by atoms with Crippen molar-refractivity contribution in [3.8, 4) is 0 Å². The van der Waals surface area contributed by atoms with Crippen LogP contribution < -0.4 is 10.2 Å². The summed E-state index contributed by atoms with van der Waals surface area (Å²) in [4.78, 5) is 27.5. The molecule has 1 aromatic rings. The van der Waals surface area contributed by atoms with E-state index in [0.717, 1.165) is 38.1 Å². The summed E-state index contributed by atoms with van der Waals surface area (Å²) >= 11 is 0. The van der Waals surface area contributed by atoms with Crippen molar-refractivity contribution in [2.24, 2.45) is 0 Å². The van der Waals surface area contributed by atoms with Crippen LogP contribution in [-0.4, -0.2) is 68.7 Å². The van der Waals surface area contributed by atoms with Gasteiger partial charge in [0.2, 0.25) is 0 Å². The highest BCUT2D eigenvalue weighted by molar-refractivity contribution is 5.94. The number of piperazine rings is 1. The van der Waals surface area contributed by atoms with Crippen LogP contribution in [0.2, 0.25) is 0 Å². The van der Waals surface area contributed by atoms with E-state index in [0.29, 0.717) is 26.2 Å². The second kappa shape index (κ2) is 8.26. The Morgan fingerprint density at radius 1 is 1.21 bits per heavy atom. The number of hydrogen-bond donors (Lipinski definition) is 2. The van der Waals surface area contributed by atoms with Crippen LogP contribution in [0.25, 0.3) is 0 Å². The third-order valence-corrected chi connectivity index (χ3v) is 4.74. The van der Waals surface area contributed by atoms with Gasteiger partial charge < -0.3 is 19.9 Å². The first-order valence-electron chi connectivity index (χ1n) is 8.78. The first-order chi connectivity index (χ1) is 11.7. The quantitative estimate of drug-likeness (QED) is 0.751.